The second-order valence-corrected chi connectivity index (χ2v) is 11.5. The van der Waals surface area contributed by atoms with E-state index in [1.54, 1.807) is 6.20 Å². The van der Waals surface area contributed by atoms with Crippen LogP contribution in [0.15, 0.2) is 12.3 Å². The second kappa shape index (κ2) is 9.85. The van der Waals surface area contributed by atoms with E-state index in [1.165, 1.54) is 24.2 Å². The molecule has 0 radical (unpaired) electrons. The molecular formula is C26H35N5O3S. The molecule has 9 heteroatoms. The largest absolute Gasteiger partial charge is 0.388 e. The highest BCUT2D eigenvalue weighted by Crippen LogP contribution is 2.36. The summed E-state index contributed by atoms with van der Waals surface area (Å²) >= 11 is 1.23. The first-order chi connectivity index (χ1) is 16.8. The number of hydrogen-bond acceptors (Lipinski definition) is 7. The average molecular weight is 498 g/mol. The summed E-state index contributed by atoms with van der Waals surface area (Å²) in [6.07, 6.45) is 10.9. The van der Waals surface area contributed by atoms with Gasteiger partial charge in [-0.25, -0.2) is 9.97 Å². The molecule has 2 saturated carbocycles. The predicted octanol–water partition coefficient (Wildman–Crippen LogP) is 4.14. The number of rotatable bonds is 7. The predicted molar refractivity (Wildman–Crippen MR) is 137 cm³/mol. The van der Waals surface area contributed by atoms with Gasteiger partial charge in [0, 0.05) is 36.9 Å². The van der Waals surface area contributed by atoms with Gasteiger partial charge in [-0.15, -0.1) is 11.3 Å². The molecule has 2 aromatic rings. The monoisotopic (exact) mass is 497 g/mol. The number of hydrogen-bond donors (Lipinski definition) is 3. The first-order valence-corrected chi connectivity index (χ1v) is 13.7. The van der Waals surface area contributed by atoms with Crippen LogP contribution in [0.5, 0.6) is 0 Å². The summed E-state index contributed by atoms with van der Waals surface area (Å²) in [5, 5.41) is 17.0. The van der Waals surface area contributed by atoms with Gasteiger partial charge in [0.2, 0.25) is 0 Å². The first kappa shape index (κ1) is 24.2. The number of anilines is 1. The molecule has 188 valence electrons. The number of carbonyl (C=O) groups is 2. The summed E-state index contributed by atoms with van der Waals surface area (Å²) in [6.45, 7) is 4.97. The van der Waals surface area contributed by atoms with Crippen molar-refractivity contribution >= 4 is 29.0 Å². The SMILES string of the molecule is Cc1cc(NC2CCCC2)ncc1-c1sc(C(=O)NCC2(O)CCC2)nc1C(=O)N1CCC[C@@H]1C. The van der Waals surface area contributed by atoms with Crippen molar-refractivity contribution in [3.63, 3.8) is 0 Å². The van der Waals surface area contributed by atoms with E-state index in [4.69, 9.17) is 0 Å². The number of thiazole rings is 1. The molecule has 3 aliphatic rings. The van der Waals surface area contributed by atoms with Crippen molar-refractivity contribution in [2.75, 3.05) is 18.4 Å². The number of aryl methyl sites for hydroxylation is 1. The van der Waals surface area contributed by atoms with Gasteiger partial charge in [-0.3, -0.25) is 9.59 Å². The number of carbonyl (C=O) groups excluding carboxylic acids is 2. The zero-order valence-corrected chi connectivity index (χ0v) is 21.4. The molecule has 3 N–H and O–H groups in total. The molecule has 2 aromatic heterocycles. The standard InChI is InChI=1S/C26H35N5O3S/c1-16-13-20(29-18-8-3-4-9-18)27-14-19(16)22-21(25(33)31-12-5-7-17(31)2)30-24(35-22)23(32)28-15-26(34)10-6-11-26/h13-14,17-18,34H,3-12,15H2,1-2H3,(H,27,29)(H,28,32)/t17-/m0/s1. The lowest BCUT2D eigenvalue weighted by Crippen LogP contribution is -2.47. The number of aliphatic hydroxyl groups is 1. The molecule has 3 heterocycles. The van der Waals surface area contributed by atoms with E-state index in [0.29, 0.717) is 36.0 Å². The van der Waals surface area contributed by atoms with Crippen LogP contribution in [0.4, 0.5) is 5.82 Å². The molecule has 2 aliphatic carbocycles. The van der Waals surface area contributed by atoms with Crippen LogP contribution in [0.25, 0.3) is 10.4 Å². The minimum Gasteiger partial charge on any atom is -0.388 e. The summed E-state index contributed by atoms with van der Waals surface area (Å²) in [4.78, 5) is 38.2. The summed E-state index contributed by atoms with van der Waals surface area (Å²) in [6, 6.07) is 2.64. The third-order valence-electron chi connectivity index (χ3n) is 7.76. The molecule has 1 saturated heterocycles. The maximum atomic E-state index is 13.5. The molecule has 1 aliphatic heterocycles. The second-order valence-electron chi connectivity index (χ2n) is 10.5. The fourth-order valence-electron chi connectivity index (χ4n) is 5.35. The number of pyridine rings is 1. The smallest absolute Gasteiger partial charge is 0.280 e. The molecule has 0 bridgehead atoms. The van der Waals surface area contributed by atoms with E-state index in [-0.39, 0.29) is 29.4 Å². The average Bonchev–Trinajstić information content (AvgIpc) is 3.57. The zero-order chi connectivity index (χ0) is 24.6. The Morgan fingerprint density at radius 3 is 2.60 bits per heavy atom. The van der Waals surface area contributed by atoms with Crippen molar-refractivity contribution in [3.05, 3.63) is 28.5 Å². The quantitative estimate of drug-likeness (QED) is 0.531. The van der Waals surface area contributed by atoms with E-state index in [9.17, 15) is 14.7 Å². The van der Waals surface area contributed by atoms with Crippen molar-refractivity contribution in [2.24, 2.45) is 0 Å². The summed E-state index contributed by atoms with van der Waals surface area (Å²) in [5.74, 6) is 0.358. The molecule has 35 heavy (non-hydrogen) atoms. The highest BCUT2D eigenvalue weighted by atomic mass is 32.1. The van der Waals surface area contributed by atoms with Crippen LogP contribution in [0.1, 0.15) is 90.6 Å². The van der Waals surface area contributed by atoms with Crippen molar-refractivity contribution in [2.45, 2.75) is 89.3 Å². The van der Waals surface area contributed by atoms with Gasteiger partial charge in [-0.2, -0.15) is 0 Å². The maximum Gasteiger partial charge on any atom is 0.280 e. The van der Waals surface area contributed by atoms with Gasteiger partial charge in [0.1, 0.15) is 11.5 Å². The Morgan fingerprint density at radius 2 is 1.97 bits per heavy atom. The van der Waals surface area contributed by atoms with Crippen molar-refractivity contribution < 1.29 is 14.7 Å². The number of nitrogens with one attached hydrogen (secondary N) is 2. The van der Waals surface area contributed by atoms with Crippen LogP contribution >= 0.6 is 11.3 Å². The number of aromatic nitrogens is 2. The minimum absolute atomic E-state index is 0.134. The summed E-state index contributed by atoms with van der Waals surface area (Å²) in [7, 11) is 0. The zero-order valence-electron chi connectivity index (χ0n) is 20.6. The minimum atomic E-state index is -0.817. The Hall–Kier alpha value is -2.52. The lowest BCUT2D eigenvalue weighted by molar-refractivity contribution is -0.0300. The summed E-state index contributed by atoms with van der Waals surface area (Å²) < 4.78 is 0. The Kier molecular flexibility index (Phi) is 6.81. The topological polar surface area (TPSA) is 107 Å². The molecule has 8 nitrogen and oxygen atoms in total. The summed E-state index contributed by atoms with van der Waals surface area (Å²) in [5.41, 5.74) is 1.31. The van der Waals surface area contributed by atoms with Crippen molar-refractivity contribution in [1.29, 1.82) is 0 Å². The van der Waals surface area contributed by atoms with Crippen molar-refractivity contribution in [1.82, 2.24) is 20.2 Å². The van der Waals surface area contributed by atoms with Gasteiger partial charge in [-0.05, 0) is 70.4 Å². The van der Waals surface area contributed by atoms with E-state index in [0.717, 1.165) is 49.0 Å². The number of likely N-dealkylation sites (tertiary alicyclic amines) is 1. The first-order valence-electron chi connectivity index (χ1n) is 12.9. The molecule has 0 aromatic carbocycles. The van der Waals surface area contributed by atoms with Crippen LogP contribution in [-0.4, -0.2) is 62.6 Å². The highest BCUT2D eigenvalue weighted by molar-refractivity contribution is 7.17. The Balaban J connectivity index is 1.43. The van der Waals surface area contributed by atoms with Gasteiger partial charge in [0.15, 0.2) is 5.01 Å². The van der Waals surface area contributed by atoms with Gasteiger partial charge in [0.05, 0.1) is 10.5 Å². The third-order valence-corrected chi connectivity index (χ3v) is 8.85. The number of nitrogens with zero attached hydrogens (tertiary/aromatic N) is 3. The normalized spacial score (nSPS) is 21.7. The Labute approximate surface area is 210 Å². The third kappa shape index (κ3) is 5.07. The van der Waals surface area contributed by atoms with Gasteiger partial charge in [0.25, 0.3) is 11.8 Å². The highest BCUT2D eigenvalue weighted by Gasteiger charge is 2.36. The van der Waals surface area contributed by atoms with Crippen LogP contribution in [-0.2, 0) is 0 Å². The molecule has 0 unspecified atom stereocenters. The molecule has 3 fully saturated rings. The van der Waals surface area contributed by atoms with E-state index >= 15 is 0 Å². The van der Waals surface area contributed by atoms with Crippen LogP contribution in [0, 0.1) is 6.92 Å². The Morgan fingerprint density at radius 1 is 1.20 bits per heavy atom. The molecule has 1 atom stereocenters. The molecule has 2 amide bonds. The lowest BCUT2D eigenvalue weighted by atomic mass is 9.80. The fourth-order valence-corrected chi connectivity index (χ4v) is 6.40. The van der Waals surface area contributed by atoms with Crippen molar-refractivity contribution in [3.8, 4) is 10.4 Å². The Bertz CT molecular complexity index is 1110. The molecule has 5 rings (SSSR count). The van der Waals surface area contributed by atoms with E-state index in [2.05, 4.69) is 27.5 Å². The molecule has 0 spiro atoms. The lowest BCUT2D eigenvalue weighted by Gasteiger charge is -2.36. The van der Waals surface area contributed by atoms with Crippen LogP contribution in [0.2, 0.25) is 0 Å². The molecular weight excluding hydrogens is 462 g/mol. The van der Waals surface area contributed by atoms with Crippen LogP contribution in [0.3, 0.4) is 0 Å². The fraction of sp³-hybridized carbons (Fsp3) is 0.615. The van der Waals surface area contributed by atoms with E-state index in [1.807, 2.05) is 17.9 Å². The van der Waals surface area contributed by atoms with Gasteiger partial charge in [-0.1, -0.05) is 12.8 Å². The van der Waals surface area contributed by atoms with Gasteiger partial charge < -0.3 is 20.6 Å². The van der Waals surface area contributed by atoms with Crippen LogP contribution < -0.4 is 10.6 Å². The van der Waals surface area contributed by atoms with E-state index < -0.39 is 5.60 Å². The van der Waals surface area contributed by atoms with Gasteiger partial charge >= 0.3 is 0 Å². The maximum absolute atomic E-state index is 13.5. The number of amides is 2.